The Kier molecular flexibility index (Phi) is 11.6. The number of oxime groups is 1. The highest BCUT2D eigenvalue weighted by Crippen LogP contribution is 2.40. The van der Waals surface area contributed by atoms with Crippen LogP contribution < -0.4 is 10.6 Å². The molecule has 1 saturated heterocycles. The second-order valence-corrected chi connectivity index (χ2v) is 12.2. The molecule has 0 bridgehead atoms. The van der Waals surface area contributed by atoms with Crippen LogP contribution in [-0.4, -0.2) is 67.0 Å². The van der Waals surface area contributed by atoms with Gasteiger partial charge in [-0.2, -0.15) is 0 Å². The van der Waals surface area contributed by atoms with Crippen LogP contribution in [0, 0.1) is 11.2 Å². The van der Waals surface area contributed by atoms with E-state index in [2.05, 4.69) is 51.5 Å². The number of carbonyl (C=O) groups is 1. The first-order chi connectivity index (χ1) is 25.4. The zero-order valence-corrected chi connectivity index (χ0v) is 28.7. The summed E-state index contributed by atoms with van der Waals surface area (Å²) < 4.78 is 32.9. The standard InChI is InChI=1S/C40H39FN6O5/c1-49-34(26-51-40(30-13-5-2-6-14-30,31-15-7-3-8-16-31)32-17-9-4-10-18-32)27-52-46-33-23-47(24-33)39-44-21-29(22-45-39)35-19-11-12-28(38(35)41)25-50-37(48)20-36(42)43/h2-19,21-22,34H,20,23-27H2,1H3,(H3,42,43). The van der Waals surface area contributed by atoms with Crippen molar-refractivity contribution in [2.24, 2.45) is 10.9 Å². The Morgan fingerprint density at radius 3 is 2.00 bits per heavy atom. The van der Waals surface area contributed by atoms with E-state index in [1.165, 1.54) is 6.07 Å². The minimum absolute atomic E-state index is 0.181. The van der Waals surface area contributed by atoms with Gasteiger partial charge in [0.1, 0.15) is 43.0 Å². The van der Waals surface area contributed by atoms with Crippen LogP contribution in [0.25, 0.3) is 11.1 Å². The third-order valence-corrected chi connectivity index (χ3v) is 8.60. The van der Waals surface area contributed by atoms with Gasteiger partial charge in [-0.1, -0.05) is 114 Å². The molecule has 0 spiro atoms. The number of rotatable bonds is 16. The summed E-state index contributed by atoms with van der Waals surface area (Å²) in [5.74, 6) is -1.09. The number of carbonyl (C=O) groups excluding carboxylic acids is 1. The van der Waals surface area contributed by atoms with Crippen molar-refractivity contribution in [3.05, 3.63) is 150 Å². The summed E-state index contributed by atoms with van der Waals surface area (Å²) in [6.07, 6.45) is 2.33. The van der Waals surface area contributed by atoms with E-state index in [4.69, 9.17) is 30.2 Å². The molecule has 266 valence electrons. The summed E-state index contributed by atoms with van der Waals surface area (Å²) in [6.45, 7) is 1.09. The Labute approximate surface area is 301 Å². The van der Waals surface area contributed by atoms with Crippen LogP contribution in [0.4, 0.5) is 10.3 Å². The maximum atomic E-state index is 15.2. The van der Waals surface area contributed by atoms with E-state index in [1.54, 1.807) is 31.6 Å². The largest absolute Gasteiger partial charge is 0.460 e. The first-order valence-corrected chi connectivity index (χ1v) is 16.7. The van der Waals surface area contributed by atoms with Gasteiger partial charge in [-0.3, -0.25) is 10.2 Å². The topological polar surface area (TPSA) is 145 Å². The summed E-state index contributed by atoms with van der Waals surface area (Å²) in [7, 11) is 1.62. The van der Waals surface area contributed by atoms with Gasteiger partial charge in [-0.05, 0) is 16.7 Å². The molecule has 1 aliphatic heterocycles. The molecule has 0 radical (unpaired) electrons. The van der Waals surface area contributed by atoms with Gasteiger partial charge in [-0.25, -0.2) is 14.4 Å². The number of anilines is 1. The number of amidine groups is 1. The Morgan fingerprint density at radius 1 is 0.885 bits per heavy atom. The average molecular weight is 703 g/mol. The Morgan fingerprint density at radius 2 is 1.46 bits per heavy atom. The second-order valence-electron chi connectivity index (χ2n) is 12.2. The van der Waals surface area contributed by atoms with Gasteiger partial charge in [0, 0.05) is 36.2 Å². The van der Waals surface area contributed by atoms with Crippen molar-refractivity contribution in [2.45, 2.75) is 24.7 Å². The molecule has 2 heterocycles. The number of ether oxygens (including phenoxy) is 3. The lowest BCUT2D eigenvalue weighted by atomic mass is 9.80. The summed E-state index contributed by atoms with van der Waals surface area (Å²) in [4.78, 5) is 28.2. The summed E-state index contributed by atoms with van der Waals surface area (Å²) in [5, 5.41) is 11.5. The van der Waals surface area contributed by atoms with Gasteiger partial charge in [0.05, 0.1) is 25.4 Å². The third kappa shape index (κ3) is 8.31. The fraction of sp³-hybridized carbons (Fsp3) is 0.225. The number of hydrogen-bond donors (Lipinski definition) is 2. The number of esters is 1. The molecular weight excluding hydrogens is 663 g/mol. The maximum Gasteiger partial charge on any atom is 0.313 e. The van der Waals surface area contributed by atoms with Crippen LogP contribution in [0.2, 0.25) is 0 Å². The molecule has 6 rings (SSSR count). The van der Waals surface area contributed by atoms with E-state index in [-0.39, 0.29) is 43.2 Å². The van der Waals surface area contributed by atoms with Gasteiger partial charge < -0.3 is 29.7 Å². The van der Waals surface area contributed by atoms with Crippen LogP contribution in [0.15, 0.2) is 127 Å². The lowest BCUT2D eigenvalue weighted by Gasteiger charge is -2.37. The predicted octanol–water partition coefficient (Wildman–Crippen LogP) is 5.87. The molecule has 1 unspecified atom stereocenters. The maximum absolute atomic E-state index is 15.2. The highest BCUT2D eigenvalue weighted by Gasteiger charge is 2.38. The number of aromatic nitrogens is 2. The Balaban J connectivity index is 1.05. The van der Waals surface area contributed by atoms with E-state index in [1.807, 2.05) is 59.5 Å². The molecule has 1 aliphatic rings. The third-order valence-electron chi connectivity index (χ3n) is 8.60. The van der Waals surface area contributed by atoms with Crippen LogP contribution in [-0.2, 0) is 36.1 Å². The van der Waals surface area contributed by atoms with Crippen LogP contribution >= 0.6 is 0 Å². The highest BCUT2D eigenvalue weighted by atomic mass is 19.1. The van der Waals surface area contributed by atoms with Gasteiger partial charge >= 0.3 is 5.97 Å². The van der Waals surface area contributed by atoms with Crippen LogP contribution in [0.1, 0.15) is 28.7 Å². The van der Waals surface area contributed by atoms with E-state index < -0.39 is 23.5 Å². The molecule has 3 N–H and O–H groups in total. The SMILES string of the molecule is COC(CON=C1CN(c2ncc(-c3cccc(COC(=O)CC(=N)N)c3F)cn2)C1)COC(c1ccccc1)(c1ccccc1)c1ccccc1. The Bertz CT molecular complexity index is 1880. The summed E-state index contributed by atoms with van der Waals surface area (Å²) in [5.41, 5.74) is 9.08. The number of hydrogen-bond acceptors (Lipinski definition) is 10. The quantitative estimate of drug-likeness (QED) is 0.0424. The molecule has 1 aromatic heterocycles. The smallest absolute Gasteiger partial charge is 0.313 e. The molecule has 0 amide bonds. The number of halogens is 1. The average Bonchev–Trinajstić information content (AvgIpc) is 3.16. The molecule has 52 heavy (non-hydrogen) atoms. The number of methoxy groups -OCH3 is 1. The van der Waals surface area contributed by atoms with Crippen molar-refractivity contribution in [2.75, 3.05) is 38.3 Å². The van der Waals surface area contributed by atoms with E-state index >= 15 is 4.39 Å². The minimum atomic E-state index is -0.878. The fourth-order valence-electron chi connectivity index (χ4n) is 5.88. The van der Waals surface area contributed by atoms with Crippen molar-refractivity contribution in [3.8, 4) is 11.1 Å². The molecule has 12 heteroatoms. The van der Waals surface area contributed by atoms with E-state index in [9.17, 15) is 4.79 Å². The predicted molar refractivity (Wildman–Crippen MR) is 195 cm³/mol. The lowest BCUT2D eigenvalue weighted by Crippen LogP contribution is -2.48. The highest BCUT2D eigenvalue weighted by molar-refractivity contribution is 5.98. The minimum Gasteiger partial charge on any atom is -0.460 e. The summed E-state index contributed by atoms with van der Waals surface area (Å²) >= 11 is 0. The van der Waals surface area contributed by atoms with Crippen molar-refractivity contribution in [1.82, 2.24) is 9.97 Å². The molecule has 0 saturated carbocycles. The van der Waals surface area contributed by atoms with Gasteiger partial charge in [-0.15, -0.1) is 0 Å². The number of nitrogens with one attached hydrogen (secondary N) is 1. The van der Waals surface area contributed by atoms with Crippen molar-refractivity contribution in [1.29, 1.82) is 5.41 Å². The van der Waals surface area contributed by atoms with Gasteiger partial charge in [0.15, 0.2) is 0 Å². The zero-order valence-electron chi connectivity index (χ0n) is 28.7. The van der Waals surface area contributed by atoms with Crippen LogP contribution in [0.3, 0.4) is 0 Å². The van der Waals surface area contributed by atoms with Crippen LogP contribution in [0.5, 0.6) is 0 Å². The number of nitrogens with two attached hydrogens (primary N) is 1. The second kappa shape index (κ2) is 16.8. The first kappa shape index (κ1) is 35.8. The van der Waals surface area contributed by atoms with Gasteiger partial charge in [0.25, 0.3) is 0 Å². The molecule has 5 aromatic rings. The molecule has 1 fully saturated rings. The van der Waals surface area contributed by atoms with E-state index in [0.29, 0.717) is 24.6 Å². The normalized spacial score (nSPS) is 13.2. The van der Waals surface area contributed by atoms with Gasteiger partial charge in [0.2, 0.25) is 5.95 Å². The molecule has 4 aromatic carbocycles. The Hall–Kier alpha value is -5.98. The van der Waals surface area contributed by atoms with Crippen molar-refractivity contribution < 1.29 is 28.2 Å². The summed E-state index contributed by atoms with van der Waals surface area (Å²) in [6, 6.07) is 35.2. The number of benzene rings is 4. The fourth-order valence-corrected chi connectivity index (χ4v) is 5.88. The lowest BCUT2D eigenvalue weighted by molar-refractivity contribution is -0.143. The molecule has 1 atom stereocenters. The molecule has 11 nitrogen and oxygen atoms in total. The van der Waals surface area contributed by atoms with E-state index in [0.717, 1.165) is 22.4 Å². The zero-order chi connectivity index (χ0) is 36.3. The monoisotopic (exact) mass is 702 g/mol. The van der Waals surface area contributed by atoms with Crippen molar-refractivity contribution in [3.63, 3.8) is 0 Å². The number of nitrogens with zero attached hydrogens (tertiary/aromatic N) is 4. The first-order valence-electron chi connectivity index (χ1n) is 16.7. The molecular formula is C40H39FN6O5. The molecule has 0 aliphatic carbocycles. The van der Waals surface area contributed by atoms with Crippen molar-refractivity contribution >= 4 is 23.5 Å².